The highest BCUT2D eigenvalue weighted by Gasteiger charge is 2.48. The second-order valence-electron chi connectivity index (χ2n) is 17.6. The number of nitrogens with zero attached hydrogens (tertiary/aromatic N) is 7. The molecule has 3 unspecified atom stereocenters. The fourth-order valence-electron chi connectivity index (χ4n) is 10.6. The molecule has 3 aromatic carbocycles. The molecule has 3 aliphatic heterocycles. The zero-order valence-electron chi connectivity index (χ0n) is 32.7. The van der Waals surface area contributed by atoms with Crippen molar-refractivity contribution in [1.82, 2.24) is 29.5 Å². The van der Waals surface area contributed by atoms with Gasteiger partial charge in [-0.05, 0) is 86.6 Å². The number of piperazine rings is 1. The summed E-state index contributed by atoms with van der Waals surface area (Å²) in [5.74, 6) is 1.50. The van der Waals surface area contributed by atoms with Crippen LogP contribution in [0.25, 0.3) is 43.7 Å². The Kier molecular flexibility index (Phi) is 9.22. The maximum atomic E-state index is 17.9. The van der Waals surface area contributed by atoms with Crippen LogP contribution in [0.5, 0.6) is 11.8 Å². The van der Waals surface area contributed by atoms with E-state index in [1.54, 1.807) is 18.8 Å². The SMILES string of the molecule is C#Cc1c(F)ccc2cc(O)cc(-c3c(F)c4nc(OCC5(CN6CCC(C(F)F)C6)CC5)nc(N5C6CCC5CN(C5CC(COC)C5)C6)c4c4cn(C)nc34)c12. The molecule has 58 heavy (non-hydrogen) atoms. The second-order valence-corrected chi connectivity index (χ2v) is 17.6. The lowest BCUT2D eigenvalue weighted by atomic mass is 9.79. The standard InChI is InChI=1S/C44H47F4N7O3/c1-4-31-34(45)8-5-25-15-30(56)16-32(35(25)31)36-38(46)40-37(33-20-52(2)51-39(33)36)42(55-27-6-7-28(55)19-54(18-27)29-13-24(14-29)21-57-3)50-43(49-40)58-23-44(10-11-44)22-53-12-9-26(17-53)41(47)48/h1,5,8,15-16,20,24,26-29,41,56H,6-7,9-14,17-19,21-23H2,2-3H3. The van der Waals surface area contributed by atoms with Crippen LogP contribution >= 0.6 is 0 Å². The molecule has 5 fully saturated rings. The molecule has 0 spiro atoms. The number of hydrogen-bond donors (Lipinski definition) is 1. The molecule has 2 aliphatic carbocycles. The summed E-state index contributed by atoms with van der Waals surface area (Å²) in [7, 11) is 3.51. The van der Waals surface area contributed by atoms with Crippen molar-refractivity contribution in [2.45, 2.75) is 69.5 Å². The normalized spacial score (nSPS) is 25.6. The molecule has 304 valence electrons. The Balaban J connectivity index is 1.10. The first-order valence-corrected chi connectivity index (χ1v) is 20.5. The van der Waals surface area contributed by atoms with Gasteiger partial charge in [0.1, 0.15) is 28.4 Å². The Labute approximate surface area is 334 Å². The summed E-state index contributed by atoms with van der Waals surface area (Å²) in [6.45, 7) is 4.39. The molecule has 14 heteroatoms. The van der Waals surface area contributed by atoms with Gasteiger partial charge < -0.3 is 24.4 Å². The minimum absolute atomic E-state index is 0.0260. The predicted octanol–water partition coefficient (Wildman–Crippen LogP) is 7.13. The van der Waals surface area contributed by atoms with Gasteiger partial charge in [0.2, 0.25) is 6.43 Å². The first-order chi connectivity index (χ1) is 28.0. The number of hydrogen-bond acceptors (Lipinski definition) is 9. The number of benzene rings is 3. The number of ether oxygens (including phenoxy) is 2. The molecule has 5 aromatic rings. The summed E-state index contributed by atoms with van der Waals surface area (Å²) < 4.78 is 73.7. The molecule has 3 atom stereocenters. The minimum atomic E-state index is -2.33. The third-order valence-corrected chi connectivity index (χ3v) is 13.7. The number of rotatable bonds is 11. The number of halogens is 4. The number of terminal acetylenes is 1. The summed E-state index contributed by atoms with van der Waals surface area (Å²) in [6, 6.07) is 6.41. The van der Waals surface area contributed by atoms with Crippen LogP contribution in [0.15, 0.2) is 30.5 Å². The van der Waals surface area contributed by atoms with Crippen LogP contribution in [0.2, 0.25) is 0 Å². The van der Waals surface area contributed by atoms with Crippen LogP contribution in [0.1, 0.15) is 50.5 Å². The molecular formula is C44H47F4N7O3. The highest BCUT2D eigenvalue weighted by molar-refractivity contribution is 6.18. The van der Waals surface area contributed by atoms with Gasteiger partial charge in [-0.15, -0.1) is 6.42 Å². The summed E-state index contributed by atoms with van der Waals surface area (Å²) in [5, 5.41) is 17.5. The van der Waals surface area contributed by atoms with E-state index in [-0.39, 0.29) is 63.5 Å². The van der Waals surface area contributed by atoms with Crippen LogP contribution in [0.4, 0.5) is 23.4 Å². The van der Waals surface area contributed by atoms with Crippen LogP contribution in [0, 0.1) is 41.2 Å². The van der Waals surface area contributed by atoms with E-state index in [2.05, 4.69) is 20.6 Å². The van der Waals surface area contributed by atoms with Crippen molar-refractivity contribution in [1.29, 1.82) is 0 Å². The number of alkyl halides is 2. The molecule has 1 N–H and O–H groups in total. The Morgan fingerprint density at radius 1 is 1.00 bits per heavy atom. The van der Waals surface area contributed by atoms with Crippen LogP contribution in [-0.4, -0.2) is 112 Å². The van der Waals surface area contributed by atoms with E-state index in [4.69, 9.17) is 31.0 Å². The van der Waals surface area contributed by atoms with Crippen molar-refractivity contribution in [3.05, 3.63) is 47.7 Å². The van der Waals surface area contributed by atoms with E-state index in [1.165, 1.54) is 24.3 Å². The van der Waals surface area contributed by atoms with E-state index >= 15 is 8.78 Å². The first kappa shape index (κ1) is 37.6. The molecule has 0 amide bonds. The van der Waals surface area contributed by atoms with Crippen molar-refractivity contribution in [3.8, 4) is 35.2 Å². The quantitative estimate of drug-likeness (QED) is 0.111. The largest absolute Gasteiger partial charge is 0.508 e. The zero-order chi connectivity index (χ0) is 40.0. The maximum absolute atomic E-state index is 17.9. The number of aromatic hydroxyl groups is 1. The van der Waals surface area contributed by atoms with Gasteiger partial charge in [-0.2, -0.15) is 15.1 Å². The Morgan fingerprint density at radius 2 is 1.78 bits per heavy atom. The highest BCUT2D eigenvalue weighted by atomic mass is 19.3. The topological polar surface area (TPSA) is 92.0 Å². The lowest BCUT2D eigenvalue weighted by Gasteiger charge is -2.49. The van der Waals surface area contributed by atoms with Gasteiger partial charge in [0, 0.05) is 98.9 Å². The summed E-state index contributed by atoms with van der Waals surface area (Å²) in [4.78, 5) is 17.0. The first-order valence-electron chi connectivity index (χ1n) is 20.5. The van der Waals surface area contributed by atoms with Crippen molar-refractivity contribution >= 4 is 38.4 Å². The molecule has 2 saturated carbocycles. The predicted molar refractivity (Wildman–Crippen MR) is 213 cm³/mol. The monoisotopic (exact) mass is 797 g/mol. The minimum Gasteiger partial charge on any atom is -0.508 e. The number of likely N-dealkylation sites (tertiary alicyclic amines) is 2. The molecule has 10 rings (SSSR count). The van der Waals surface area contributed by atoms with Gasteiger partial charge in [0.05, 0.1) is 17.6 Å². The fourth-order valence-corrected chi connectivity index (χ4v) is 10.6. The van der Waals surface area contributed by atoms with Crippen LogP contribution in [-0.2, 0) is 11.8 Å². The molecule has 0 radical (unpaired) electrons. The van der Waals surface area contributed by atoms with Gasteiger partial charge in [0.25, 0.3) is 0 Å². The fraction of sp³-hybridized carbons (Fsp3) is 0.523. The van der Waals surface area contributed by atoms with E-state index in [0.717, 1.165) is 58.2 Å². The highest BCUT2D eigenvalue weighted by Crippen LogP contribution is 2.50. The van der Waals surface area contributed by atoms with Gasteiger partial charge in [-0.25, -0.2) is 17.6 Å². The van der Waals surface area contributed by atoms with Crippen molar-refractivity contribution < 1.29 is 32.1 Å². The number of phenolic OH excluding ortho intramolecular Hbond substituents is 1. The van der Waals surface area contributed by atoms with Gasteiger partial charge in [-0.1, -0.05) is 12.0 Å². The van der Waals surface area contributed by atoms with Crippen molar-refractivity contribution in [2.75, 3.05) is 57.9 Å². The van der Waals surface area contributed by atoms with Crippen molar-refractivity contribution in [2.24, 2.45) is 24.3 Å². The maximum Gasteiger partial charge on any atom is 0.319 e. The average molecular weight is 798 g/mol. The third-order valence-electron chi connectivity index (χ3n) is 13.7. The van der Waals surface area contributed by atoms with Gasteiger partial charge in [-0.3, -0.25) is 9.58 Å². The number of aryl methyl sites for hydroxylation is 1. The summed E-state index contributed by atoms with van der Waals surface area (Å²) in [6.07, 6.45) is 11.7. The molecule has 2 bridgehead atoms. The van der Waals surface area contributed by atoms with Crippen molar-refractivity contribution in [3.63, 3.8) is 0 Å². The molecule has 10 nitrogen and oxygen atoms in total. The Hall–Kier alpha value is -4.71. The molecule has 3 saturated heterocycles. The van der Waals surface area contributed by atoms with E-state index in [9.17, 15) is 13.9 Å². The number of aromatic nitrogens is 4. The Morgan fingerprint density at radius 3 is 2.47 bits per heavy atom. The van der Waals surface area contributed by atoms with Gasteiger partial charge >= 0.3 is 6.01 Å². The lowest BCUT2D eigenvalue weighted by Crippen LogP contribution is -2.59. The lowest BCUT2D eigenvalue weighted by molar-refractivity contribution is 0.0199. The number of methoxy groups -OCH3 is 1. The molecule has 5 heterocycles. The summed E-state index contributed by atoms with van der Waals surface area (Å²) >= 11 is 0. The van der Waals surface area contributed by atoms with E-state index in [0.29, 0.717) is 65.5 Å². The van der Waals surface area contributed by atoms with Crippen LogP contribution < -0.4 is 9.64 Å². The Bertz CT molecular complexity index is 2460. The summed E-state index contributed by atoms with van der Waals surface area (Å²) in [5.41, 5.74) is 0.282. The smallest absolute Gasteiger partial charge is 0.319 e. The second kappa shape index (κ2) is 14.2. The number of anilines is 1. The van der Waals surface area contributed by atoms with E-state index < -0.39 is 24.0 Å². The average Bonchev–Trinajstić information content (AvgIpc) is 3.44. The molecule has 5 aliphatic rings. The molecular weight excluding hydrogens is 751 g/mol. The van der Waals surface area contributed by atoms with E-state index in [1.807, 2.05) is 6.20 Å². The molecule has 2 aromatic heterocycles. The van der Waals surface area contributed by atoms with Gasteiger partial charge in [0.15, 0.2) is 5.82 Å². The third kappa shape index (κ3) is 6.32. The zero-order valence-corrected chi connectivity index (χ0v) is 32.7. The van der Waals surface area contributed by atoms with Crippen LogP contribution in [0.3, 0.4) is 0 Å². The number of phenols is 1. The number of fused-ring (bicyclic) bond motifs is 6.